The Kier molecular flexibility index (Phi) is 7.49. The van der Waals surface area contributed by atoms with Gasteiger partial charge in [0.1, 0.15) is 22.8 Å². The van der Waals surface area contributed by atoms with E-state index in [0.29, 0.717) is 0 Å². The van der Waals surface area contributed by atoms with Crippen molar-refractivity contribution >= 4 is 56.4 Å². The second-order valence-electron chi connectivity index (χ2n) is 16.0. The quantitative estimate of drug-likeness (QED) is 0.188. The number of benzene rings is 4. The predicted molar refractivity (Wildman–Crippen MR) is 221 cm³/mol. The molecule has 1 aliphatic heterocycles. The van der Waals surface area contributed by atoms with Crippen molar-refractivity contribution < 1.29 is 0 Å². The van der Waals surface area contributed by atoms with Crippen LogP contribution in [0.5, 0.6) is 0 Å². The predicted octanol–water partition coefficient (Wildman–Crippen LogP) is 11.8. The molecule has 6 nitrogen and oxygen atoms in total. The smallest absolute Gasteiger partial charge is 0.139 e. The fourth-order valence-corrected chi connectivity index (χ4v) is 7.32. The van der Waals surface area contributed by atoms with Gasteiger partial charge in [0, 0.05) is 33.2 Å². The first kappa shape index (κ1) is 32.6. The molecule has 0 aliphatic carbocycles. The number of H-pyrrole nitrogens is 1. The number of nitrogens with zero attached hydrogens (tertiary/aromatic N) is 5. The molecule has 0 spiro atoms. The van der Waals surface area contributed by atoms with Gasteiger partial charge < -0.3 is 4.98 Å². The van der Waals surface area contributed by atoms with Crippen molar-refractivity contribution in [1.82, 2.24) is 29.1 Å². The maximum atomic E-state index is 5.41. The molecule has 5 heterocycles. The summed E-state index contributed by atoms with van der Waals surface area (Å²) in [4.78, 5) is 20.0. The Morgan fingerprint density at radius 2 is 1.02 bits per heavy atom. The van der Waals surface area contributed by atoms with Crippen LogP contribution in [0.4, 0.5) is 0 Å². The van der Waals surface area contributed by atoms with Gasteiger partial charge in [-0.25, -0.2) is 15.0 Å². The van der Waals surface area contributed by atoms with E-state index >= 15 is 0 Å². The number of hydrogen-bond acceptors (Lipinski definition) is 3. The summed E-state index contributed by atoms with van der Waals surface area (Å²) in [6.45, 7) is 13.4. The Balaban J connectivity index is 1.45. The highest BCUT2D eigenvalue weighted by Crippen LogP contribution is 2.33. The summed E-state index contributed by atoms with van der Waals surface area (Å²) in [5.41, 5.74) is 12.7. The Labute approximate surface area is 309 Å². The lowest BCUT2D eigenvalue weighted by atomic mass is 9.87. The van der Waals surface area contributed by atoms with Gasteiger partial charge in [-0.3, -0.25) is 9.13 Å². The van der Waals surface area contributed by atoms with Gasteiger partial charge in [-0.2, -0.15) is 0 Å². The first-order valence-electron chi connectivity index (χ1n) is 18.3. The summed E-state index contributed by atoms with van der Waals surface area (Å²) >= 11 is 0. The maximum Gasteiger partial charge on any atom is 0.139 e. The molecule has 0 radical (unpaired) electrons. The monoisotopic (exact) mass is 690 g/mol. The molecular weight excluding hydrogens is 649 g/mol. The van der Waals surface area contributed by atoms with Crippen molar-refractivity contribution in [2.75, 3.05) is 0 Å². The molecule has 8 aromatic rings. The van der Waals surface area contributed by atoms with Crippen molar-refractivity contribution in [1.29, 1.82) is 0 Å². The molecule has 0 fully saturated rings. The third-order valence-corrected chi connectivity index (χ3v) is 10.3. The van der Waals surface area contributed by atoms with Crippen LogP contribution >= 0.6 is 0 Å². The molecule has 0 unspecified atom stereocenters. The van der Waals surface area contributed by atoms with Crippen molar-refractivity contribution in [2.45, 2.75) is 52.4 Å². The largest absolute Gasteiger partial charge is 0.341 e. The molecule has 0 atom stereocenters. The van der Waals surface area contributed by atoms with Crippen molar-refractivity contribution in [2.24, 2.45) is 0 Å². The highest BCUT2D eigenvalue weighted by atomic mass is 15.1. The SMILES string of the molecule is CC(C)(C)c1ccc(-n2c3nc(c(-c4ccccc4)c4ccc([nH]4)n(-c4ccc(C(C)(C)C)cc4)c4ccc5ccc6ccc2nc6c5n4)C=C3)cc1. The van der Waals surface area contributed by atoms with E-state index < -0.39 is 0 Å². The van der Waals surface area contributed by atoms with Crippen LogP contribution in [0.1, 0.15) is 64.2 Å². The normalized spacial score (nSPS) is 12.6. The van der Waals surface area contributed by atoms with Gasteiger partial charge in [0.2, 0.25) is 0 Å². The first-order chi connectivity index (χ1) is 25.5. The molecule has 4 aromatic heterocycles. The van der Waals surface area contributed by atoms with E-state index in [1.54, 1.807) is 0 Å². The molecule has 1 aliphatic rings. The minimum absolute atomic E-state index is 0.0296. The van der Waals surface area contributed by atoms with Crippen molar-refractivity contribution in [3.8, 4) is 22.5 Å². The molecule has 53 heavy (non-hydrogen) atoms. The number of pyridine rings is 2. The van der Waals surface area contributed by atoms with E-state index in [1.807, 2.05) is 6.07 Å². The average Bonchev–Trinajstić information content (AvgIpc) is 3.83. The van der Waals surface area contributed by atoms with E-state index in [9.17, 15) is 0 Å². The summed E-state index contributed by atoms with van der Waals surface area (Å²) in [6, 6.07) is 45.1. The van der Waals surface area contributed by atoms with Crippen LogP contribution in [0.2, 0.25) is 0 Å². The van der Waals surface area contributed by atoms with Gasteiger partial charge in [-0.05, 0) is 100 Å². The van der Waals surface area contributed by atoms with E-state index in [2.05, 4.69) is 189 Å². The lowest BCUT2D eigenvalue weighted by Gasteiger charge is -2.20. The van der Waals surface area contributed by atoms with Gasteiger partial charge in [0.25, 0.3) is 0 Å². The van der Waals surface area contributed by atoms with Gasteiger partial charge in [0.15, 0.2) is 0 Å². The molecule has 4 aromatic carbocycles. The Hall–Kier alpha value is -6.27. The molecule has 0 saturated carbocycles. The number of aromatic amines is 1. The number of rotatable bonds is 3. The van der Waals surface area contributed by atoms with Crippen molar-refractivity contribution in [3.63, 3.8) is 0 Å². The number of aromatic nitrogens is 6. The standard InChI is InChI=1S/C47H42N6/c1-46(2,3)33-16-20-35(21-17-33)52-39-28-24-37(48-39)43(30-10-8-7-9-11-30)38-25-29-40(49-38)53(36-22-18-34(19-23-36)47(4,5)6)42-27-15-32-13-12-31-14-26-41(52)50-44(31)45(32)51-42/h7-29,48H,1-6H3. The van der Waals surface area contributed by atoms with Crippen LogP contribution in [0.25, 0.3) is 78.9 Å². The average molecular weight is 691 g/mol. The number of nitrogens with one attached hydrogen (secondary N) is 1. The van der Waals surface area contributed by atoms with Crippen LogP contribution < -0.4 is 0 Å². The molecule has 0 amide bonds. The van der Waals surface area contributed by atoms with Gasteiger partial charge in [0.05, 0.1) is 16.7 Å². The minimum atomic E-state index is 0.0296. The molecule has 1 N–H and O–H groups in total. The third kappa shape index (κ3) is 5.81. The summed E-state index contributed by atoms with van der Waals surface area (Å²) in [7, 11) is 0. The zero-order chi connectivity index (χ0) is 36.5. The van der Waals surface area contributed by atoms with E-state index in [-0.39, 0.29) is 10.8 Å². The summed E-state index contributed by atoms with van der Waals surface area (Å²) < 4.78 is 4.36. The summed E-state index contributed by atoms with van der Waals surface area (Å²) in [5, 5.41) is 2.05. The van der Waals surface area contributed by atoms with Crippen LogP contribution in [-0.2, 0) is 10.8 Å². The second kappa shape index (κ2) is 12.2. The molecule has 260 valence electrons. The summed E-state index contributed by atoms with van der Waals surface area (Å²) in [5.74, 6) is 0.792. The Morgan fingerprint density at radius 1 is 0.491 bits per heavy atom. The van der Waals surface area contributed by atoms with Crippen LogP contribution in [0, 0.1) is 0 Å². The van der Waals surface area contributed by atoms with E-state index in [0.717, 1.165) is 78.3 Å². The zero-order valence-corrected chi connectivity index (χ0v) is 31.0. The molecule has 0 saturated heterocycles. The lowest BCUT2D eigenvalue weighted by molar-refractivity contribution is 0.590. The van der Waals surface area contributed by atoms with Crippen LogP contribution in [0.15, 0.2) is 127 Å². The summed E-state index contributed by atoms with van der Waals surface area (Å²) in [6.07, 6.45) is 4.22. The van der Waals surface area contributed by atoms with Crippen LogP contribution in [-0.4, -0.2) is 29.1 Å². The van der Waals surface area contributed by atoms with Crippen molar-refractivity contribution in [3.05, 3.63) is 150 Å². The molecule has 9 rings (SSSR count). The maximum absolute atomic E-state index is 5.41. The molecule has 8 bridgehead atoms. The minimum Gasteiger partial charge on any atom is -0.341 e. The van der Waals surface area contributed by atoms with Gasteiger partial charge >= 0.3 is 0 Å². The van der Waals surface area contributed by atoms with Gasteiger partial charge in [-0.1, -0.05) is 108 Å². The molecular formula is C47H42N6. The first-order valence-corrected chi connectivity index (χ1v) is 18.3. The van der Waals surface area contributed by atoms with E-state index in [4.69, 9.17) is 15.0 Å². The zero-order valence-electron chi connectivity index (χ0n) is 31.0. The fraction of sp³-hybridized carbons (Fsp3) is 0.170. The highest BCUT2D eigenvalue weighted by molar-refractivity contribution is 6.04. The Morgan fingerprint density at radius 3 is 1.58 bits per heavy atom. The number of fused-ring (bicyclic) bond motifs is 6. The van der Waals surface area contributed by atoms with Crippen LogP contribution in [0.3, 0.4) is 0 Å². The highest BCUT2D eigenvalue weighted by Gasteiger charge is 2.18. The van der Waals surface area contributed by atoms with Gasteiger partial charge in [-0.15, -0.1) is 0 Å². The molecule has 6 heteroatoms. The third-order valence-electron chi connectivity index (χ3n) is 10.3. The number of hydrogen-bond donors (Lipinski definition) is 1. The topological polar surface area (TPSA) is 64.3 Å². The fourth-order valence-electron chi connectivity index (χ4n) is 7.32. The lowest BCUT2D eigenvalue weighted by Crippen LogP contribution is -2.11. The Bertz CT molecular complexity index is 2820. The van der Waals surface area contributed by atoms with E-state index in [1.165, 1.54) is 11.1 Å². The second-order valence-corrected chi connectivity index (χ2v) is 16.0.